The molecule has 0 rings (SSSR count). The second-order valence-electron chi connectivity index (χ2n) is 16.2. The monoisotopic (exact) mass is 738 g/mol. The highest BCUT2D eigenvalue weighted by Gasteiger charge is 2.24. The number of carbonyl (C=O) groups excluding carboxylic acids is 2. The van der Waals surface area contributed by atoms with Crippen LogP contribution in [0.3, 0.4) is 0 Å². The molecule has 6 heteroatoms. The van der Waals surface area contributed by atoms with E-state index in [1.54, 1.807) is 0 Å². The number of amides is 1. The molecule has 0 aliphatic heterocycles. The molecule has 0 aliphatic rings. The van der Waals surface area contributed by atoms with E-state index < -0.39 is 18.2 Å². The van der Waals surface area contributed by atoms with Crippen molar-refractivity contribution in [2.75, 3.05) is 6.61 Å². The number of aliphatic hydroxyl groups excluding tert-OH is 2. The molecule has 0 aromatic heterocycles. The second-order valence-corrected chi connectivity index (χ2v) is 16.2. The predicted octanol–water partition coefficient (Wildman–Crippen LogP) is 13.2. The van der Waals surface area contributed by atoms with Gasteiger partial charge in [-0.25, -0.2) is 0 Å². The zero-order valence-electron chi connectivity index (χ0n) is 35.2. The molecule has 0 bridgehead atoms. The van der Waals surface area contributed by atoms with E-state index in [9.17, 15) is 19.8 Å². The summed E-state index contributed by atoms with van der Waals surface area (Å²) in [6, 6.07) is -0.690. The van der Waals surface area contributed by atoms with Crippen molar-refractivity contribution in [2.45, 2.75) is 277 Å². The molecule has 0 aliphatic carbocycles. The van der Waals surface area contributed by atoms with Crippen LogP contribution in [0.2, 0.25) is 0 Å². The number of unbranched alkanes of at least 4 members (excludes halogenated alkanes) is 30. The molecule has 0 aromatic carbocycles. The fourth-order valence-electron chi connectivity index (χ4n) is 7.37. The minimum Gasteiger partial charge on any atom is -0.462 e. The van der Waals surface area contributed by atoms with Gasteiger partial charge in [-0.15, -0.1) is 0 Å². The standard InChI is InChI=1S/C46H91NO5/c1-4-7-10-13-16-19-22-23-24-26-29-32-35-38-44(49)43(41-48)47-45(50)40-42(37-34-31-28-25-20-17-14-11-8-5-2)52-46(51)39-36-33-30-27-21-18-15-12-9-6-3/h42-44,48-49H,4-41H2,1-3H3,(H,47,50). The zero-order chi connectivity index (χ0) is 38.2. The molecule has 0 saturated heterocycles. The quantitative estimate of drug-likeness (QED) is 0.0428. The fraction of sp³-hybridized carbons (Fsp3) is 0.957. The fourth-order valence-corrected chi connectivity index (χ4v) is 7.37. The van der Waals surface area contributed by atoms with Crippen molar-refractivity contribution in [1.29, 1.82) is 0 Å². The summed E-state index contributed by atoms with van der Waals surface area (Å²) in [5.74, 6) is -0.460. The van der Waals surface area contributed by atoms with Gasteiger partial charge in [0.15, 0.2) is 0 Å². The van der Waals surface area contributed by atoms with Gasteiger partial charge in [-0.3, -0.25) is 9.59 Å². The van der Waals surface area contributed by atoms with E-state index in [2.05, 4.69) is 26.1 Å². The smallest absolute Gasteiger partial charge is 0.306 e. The van der Waals surface area contributed by atoms with Crippen molar-refractivity contribution in [2.24, 2.45) is 0 Å². The molecule has 52 heavy (non-hydrogen) atoms. The first kappa shape index (κ1) is 50.9. The summed E-state index contributed by atoms with van der Waals surface area (Å²) in [5.41, 5.74) is 0. The summed E-state index contributed by atoms with van der Waals surface area (Å²) in [4.78, 5) is 25.9. The molecular weight excluding hydrogens is 647 g/mol. The van der Waals surface area contributed by atoms with Crippen molar-refractivity contribution < 1.29 is 24.5 Å². The first-order valence-electron chi connectivity index (χ1n) is 23.3. The number of hydrogen-bond acceptors (Lipinski definition) is 5. The van der Waals surface area contributed by atoms with Gasteiger partial charge in [0.1, 0.15) is 6.10 Å². The van der Waals surface area contributed by atoms with E-state index in [0.717, 1.165) is 44.9 Å². The van der Waals surface area contributed by atoms with Gasteiger partial charge >= 0.3 is 5.97 Å². The SMILES string of the molecule is CCCCCCCCCCCCCCCC(O)C(CO)NC(=O)CC(CCCCCCCCCCCC)OC(=O)CCCCCCCCCCCC. The Kier molecular flexibility index (Phi) is 40.1. The number of aliphatic hydroxyl groups is 2. The molecule has 6 nitrogen and oxygen atoms in total. The normalized spacial score (nSPS) is 13.2. The molecular formula is C46H91NO5. The molecule has 310 valence electrons. The lowest BCUT2D eigenvalue weighted by molar-refractivity contribution is -0.151. The van der Waals surface area contributed by atoms with E-state index in [1.165, 1.54) is 167 Å². The van der Waals surface area contributed by atoms with Crippen LogP contribution >= 0.6 is 0 Å². The van der Waals surface area contributed by atoms with Gasteiger partial charge in [0.25, 0.3) is 0 Å². The van der Waals surface area contributed by atoms with Crippen LogP contribution in [0.1, 0.15) is 258 Å². The van der Waals surface area contributed by atoms with E-state index in [4.69, 9.17) is 4.74 Å². The van der Waals surface area contributed by atoms with Crippen LogP contribution in [0.4, 0.5) is 0 Å². The van der Waals surface area contributed by atoms with E-state index in [0.29, 0.717) is 19.3 Å². The van der Waals surface area contributed by atoms with Crippen LogP contribution in [0.25, 0.3) is 0 Å². The van der Waals surface area contributed by atoms with Crippen LogP contribution in [0, 0.1) is 0 Å². The lowest BCUT2D eigenvalue weighted by Crippen LogP contribution is -2.46. The molecule has 0 radical (unpaired) electrons. The Balaban J connectivity index is 4.49. The number of hydrogen-bond donors (Lipinski definition) is 3. The highest BCUT2D eigenvalue weighted by molar-refractivity contribution is 5.77. The van der Waals surface area contributed by atoms with E-state index >= 15 is 0 Å². The Morgan fingerprint density at radius 1 is 0.481 bits per heavy atom. The average molecular weight is 738 g/mol. The first-order chi connectivity index (χ1) is 25.5. The topological polar surface area (TPSA) is 95.9 Å². The maximum atomic E-state index is 13.1. The summed E-state index contributed by atoms with van der Waals surface area (Å²) in [6.45, 7) is 6.47. The maximum absolute atomic E-state index is 13.1. The van der Waals surface area contributed by atoms with Gasteiger partial charge in [-0.2, -0.15) is 0 Å². The maximum Gasteiger partial charge on any atom is 0.306 e. The molecule has 3 N–H and O–H groups in total. The number of ether oxygens (including phenoxy) is 1. The summed E-state index contributed by atoms with van der Waals surface area (Å²) in [5, 5.41) is 23.6. The number of carbonyl (C=O) groups is 2. The first-order valence-corrected chi connectivity index (χ1v) is 23.3. The summed E-state index contributed by atoms with van der Waals surface area (Å²) >= 11 is 0. The predicted molar refractivity (Wildman–Crippen MR) is 223 cm³/mol. The summed E-state index contributed by atoms with van der Waals surface area (Å²) < 4.78 is 5.89. The summed E-state index contributed by atoms with van der Waals surface area (Å²) in [7, 11) is 0. The van der Waals surface area contributed by atoms with Crippen LogP contribution in [-0.2, 0) is 14.3 Å². The van der Waals surface area contributed by atoms with Gasteiger partial charge < -0.3 is 20.3 Å². The third kappa shape index (κ3) is 35.9. The molecule has 3 unspecified atom stereocenters. The van der Waals surface area contributed by atoms with Crippen molar-refractivity contribution >= 4 is 11.9 Å². The Morgan fingerprint density at radius 3 is 1.17 bits per heavy atom. The Bertz CT molecular complexity index is 746. The van der Waals surface area contributed by atoms with Crippen molar-refractivity contribution in [1.82, 2.24) is 5.32 Å². The van der Waals surface area contributed by atoms with Crippen LogP contribution in [0.15, 0.2) is 0 Å². The number of esters is 1. The van der Waals surface area contributed by atoms with E-state index in [-0.39, 0.29) is 24.9 Å². The molecule has 0 aromatic rings. The minimum absolute atomic E-state index is 0.0865. The summed E-state index contributed by atoms with van der Waals surface area (Å²) in [6.07, 6.45) is 41.6. The lowest BCUT2D eigenvalue weighted by atomic mass is 10.0. The van der Waals surface area contributed by atoms with Gasteiger partial charge in [-0.05, 0) is 25.7 Å². The third-order valence-corrected chi connectivity index (χ3v) is 10.9. The Hall–Kier alpha value is -1.14. The Morgan fingerprint density at radius 2 is 0.808 bits per heavy atom. The molecule has 1 amide bonds. The van der Waals surface area contributed by atoms with Crippen LogP contribution < -0.4 is 5.32 Å². The Labute approximate surface area is 324 Å². The van der Waals surface area contributed by atoms with Crippen molar-refractivity contribution in [3.63, 3.8) is 0 Å². The van der Waals surface area contributed by atoms with Crippen LogP contribution in [-0.4, -0.2) is 46.9 Å². The highest BCUT2D eigenvalue weighted by atomic mass is 16.5. The number of rotatable bonds is 42. The van der Waals surface area contributed by atoms with Crippen molar-refractivity contribution in [3.05, 3.63) is 0 Å². The van der Waals surface area contributed by atoms with Gasteiger partial charge in [0.2, 0.25) is 5.91 Å². The molecule has 0 fully saturated rings. The molecule has 3 atom stereocenters. The average Bonchev–Trinajstić information content (AvgIpc) is 3.13. The zero-order valence-corrected chi connectivity index (χ0v) is 35.2. The second kappa shape index (κ2) is 41.0. The van der Waals surface area contributed by atoms with Crippen LogP contribution in [0.5, 0.6) is 0 Å². The third-order valence-electron chi connectivity index (χ3n) is 10.9. The highest BCUT2D eigenvalue weighted by Crippen LogP contribution is 2.18. The van der Waals surface area contributed by atoms with Crippen molar-refractivity contribution in [3.8, 4) is 0 Å². The van der Waals surface area contributed by atoms with Gasteiger partial charge in [0.05, 0.1) is 25.2 Å². The molecule has 0 heterocycles. The minimum atomic E-state index is -0.777. The molecule has 0 spiro atoms. The largest absolute Gasteiger partial charge is 0.462 e. The van der Waals surface area contributed by atoms with Gasteiger partial charge in [-0.1, -0.05) is 220 Å². The number of nitrogens with one attached hydrogen (secondary N) is 1. The molecule has 0 saturated carbocycles. The van der Waals surface area contributed by atoms with E-state index in [1.807, 2.05) is 0 Å². The lowest BCUT2D eigenvalue weighted by Gasteiger charge is -2.24. The van der Waals surface area contributed by atoms with Gasteiger partial charge in [0, 0.05) is 6.42 Å².